The molecule has 0 saturated carbocycles. The second kappa shape index (κ2) is 6.43. The molecule has 0 bridgehead atoms. The molecule has 0 unspecified atom stereocenters. The number of urea groups is 1. The van der Waals surface area contributed by atoms with Crippen molar-refractivity contribution in [3.05, 3.63) is 27.8 Å². The van der Waals surface area contributed by atoms with Crippen molar-refractivity contribution in [2.75, 3.05) is 13.1 Å². The average Bonchev–Trinajstić information content (AvgIpc) is 3.13. The zero-order chi connectivity index (χ0) is 15.5. The normalized spacial score (nSPS) is 16.0. The van der Waals surface area contributed by atoms with Gasteiger partial charge in [0.15, 0.2) is 5.82 Å². The Morgan fingerprint density at radius 3 is 2.77 bits per heavy atom. The van der Waals surface area contributed by atoms with Crippen LogP contribution in [-0.2, 0) is 6.54 Å². The highest BCUT2D eigenvalue weighted by atomic mass is 32.1. The highest BCUT2D eigenvalue weighted by Crippen LogP contribution is 2.26. The van der Waals surface area contributed by atoms with E-state index in [9.17, 15) is 4.79 Å². The highest BCUT2D eigenvalue weighted by molar-refractivity contribution is 7.09. The van der Waals surface area contributed by atoms with Crippen LogP contribution in [0.2, 0.25) is 0 Å². The molecule has 1 N–H and O–H groups in total. The number of carbonyl (C=O) groups excluding carboxylic acids is 1. The standard InChI is InChI=1S/C14H19N5O2S/c1-9-8-22-12(16-9)7-15-14(20)19-5-3-11(4-6-19)13-17-10(2)18-21-13/h8,11H,3-7H2,1-2H3,(H,15,20). The quantitative estimate of drug-likeness (QED) is 0.937. The van der Waals surface area contributed by atoms with Gasteiger partial charge in [0.05, 0.1) is 6.54 Å². The van der Waals surface area contributed by atoms with E-state index in [1.54, 1.807) is 11.3 Å². The lowest BCUT2D eigenvalue weighted by Gasteiger charge is -2.30. The molecule has 3 rings (SSSR count). The average molecular weight is 321 g/mol. The van der Waals surface area contributed by atoms with Crippen molar-refractivity contribution in [1.29, 1.82) is 0 Å². The summed E-state index contributed by atoms with van der Waals surface area (Å²) in [5.41, 5.74) is 0.991. The number of nitrogens with zero attached hydrogens (tertiary/aromatic N) is 4. The smallest absolute Gasteiger partial charge is 0.317 e. The predicted octanol–water partition coefficient (Wildman–Crippen LogP) is 2.23. The predicted molar refractivity (Wildman–Crippen MR) is 81.7 cm³/mol. The Bertz CT molecular complexity index is 645. The number of aromatic nitrogens is 3. The van der Waals surface area contributed by atoms with Crippen molar-refractivity contribution in [3.63, 3.8) is 0 Å². The summed E-state index contributed by atoms with van der Waals surface area (Å²) in [7, 11) is 0. The van der Waals surface area contributed by atoms with Gasteiger partial charge in [-0.25, -0.2) is 9.78 Å². The lowest BCUT2D eigenvalue weighted by atomic mass is 9.97. The maximum absolute atomic E-state index is 12.2. The van der Waals surface area contributed by atoms with Crippen LogP contribution in [0, 0.1) is 13.8 Å². The van der Waals surface area contributed by atoms with Crippen LogP contribution >= 0.6 is 11.3 Å². The largest absolute Gasteiger partial charge is 0.339 e. The maximum Gasteiger partial charge on any atom is 0.317 e. The van der Waals surface area contributed by atoms with Gasteiger partial charge in [0.25, 0.3) is 0 Å². The van der Waals surface area contributed by atoms with Crippen LogP contribution in [0.5, 0.6) is 0 Å². The Balaban J connectivity index is 1.47. The summed E-state index contributed by atoms with van der Waals surface area (Å²) in [4.78, 5) is 22.6. The molecule has 0 aromatic carbocycles. The fraction of sp³-hybridized carbons (Fsp3) is 0.571. The third-order valence-corrected chi connectivity index (χ3v) is 4.70. The van der Waals surface area contributed by atoms with Crippen molar-refractivity contribution in [3.8, 4) is 0 Å². The van der Waals surface area contributed by atoms with E-state index in [4.69, 9.17) is 4.52 Å². The van der Waals surface area contributed by atoms with Gasteiger partial charge in [0.2, 0.25) is 5.89 Å². The minimum absolute atomic E-state index is 0.0342. The van der Waals surface area contributed by atoms with E-state index in [1.165, 1.54) is 0 Å². The van der Waals surface area contributed by atoms with Crippen LogP contribution in [-0.4, -0.2) is 39.1 Å². The number of piperidine rings is 1. The Labute approximate surface area is 132 Å². The minimum Gasteiger partial charge on any atom is -0.339 e. The molecule has 22 heavy (non-hydrogen) atoms. The zero-order valence-corrected chi connectivity index (χ0v) is 13.5. The number of aryl methyl sites for hydroxylation is 2. The Morgan fingerprint density at radius 2 is 2.18 bits per heavy atom. The monoisotopic (exact) mass is 321 g/mol. The van der Waals surface area contributed by atoms with E-state index in [1.807, 2.05) is 24.1 Å². The summed E-state index contributed by atoms with van der Waals surface area (Å²) < 4.78 is 5.22. The summed E-state index contributed by atoms with van der Waals surface area (Å²) >= 11 is 1.57. The van der Waals surface area contributed by atoms with Gasteiger partial charge in [0.1, 0.15) is 5.01 Å². The van der Waals surface area contributed by atoms with E-state index < -0.39 is 0 Å². The van der Waals surface area contributed by atoms with Gasteiger partial charge in [-0.05, 0) is 26.7 Å². The molecule has 3 heterocycles. The minimum atomic E-state index is -0.0342. The number of nitrogens with one attached hydrogen (secondary N) is 1. The van der Waals surface area contributed by atoms with Gasteiger partial charge in [0, 0.05) is 30.1 Å². The van der Waals surface area contributed by atoms with Crippen LogP contribution in [0.4, 0.5) is 4.79 Å². The second-order valence-electron chi connectivity index (χ2n) is 5.48. The first kappa shape index (κ1) is 15.0. The molecule has 0 aliphatic carbocycles. The first-order chi connectivity index (χ1) is 10.6. The molecule has 118 valence electrons. The molecular formula is C14H19N5O2S. The Kier molecular flexibility index (Phi) is 4.37. The molecule has 0 atom stereocenters. The van der Waals surface area contributed by atoms with Crippen LogP contribution in [0.15, 0.2) is 9.90 Å². The molecule has 1 fully saturated rings. The molecule has 0 radical (unpaired) electrons. The van der Waals surface area contributed by atoms with Crippen LogP contribution < -0.4 is 5.32 Å². The number of hydrogen-bond acceptors (Lipinski definition) is 6. The molecule has 2 aromatic heterocycles. The van der Waals surface area contributed by atoms with Gasteiger partial charge in [-0.1, -0.05) is 5.16 Å². The van der Waals surface area contributed by atoms with E-state index >= 15 is 0 Å². The maximum atomic E-state index is 12.2. The van der Waals surface area contributed by atoms with Crippen LogP contribution in [0.1, 0.15) is 41.2 Å². The van der Waals surface area contributed by atoms with Crippen molar-refractivity contribution >= 4 is 17.4 Å². The third kappa shape index (κ3) is 3.44. The number of thiazole rings is 1. The molecule has 1 saturated heterocycles. The van der Waals surface area contributed by atoms with Gasteiger partial charge in [-0.15, -0.1) is 11.3 Å². The molecule has 8 heteroatoms. The van der Waals surface area contributed by atoms with Crippen molar-refractivity contribution < 1.29 is 9.32 Å². The van der Waals surface area contributed by atoms with Gasteiger partial charge >= 0.3 is 6.03 Å². The number of hydrogen-bond donors (Lipinski definition) is 1. The fourth-order valence-electron chi connectivity index (χ4n) is 2.56. The summed E-state index contributed by atoms with van der Waals surface area (Å²) in [6, 6.07) is -0.0342. The van der Waals surface area contributed by atoms with Crippen molar-refractivity contribution in [2.24, 2.45) is 0 Å². The molecular weight excluding hydrogens is 302 g/mol. The highest BCUT2D eigenvalue weighted by Gasteiger charge is 2.27. The van der Waals surface area contributed by atoms with Crippen molar-refractivity contribution in [1.82, 2.24) is 25.3 Å². The Hall–Kier alpha value is -1.96. The first-order valence-electron chi connectivity index (χ1n) is 7.36. The summed E-state index contributed by atoms with van der Waals surface area (Å²) in [6.07, 6.45) is 1.71. The lowest BCUT2D eigenvalue weighted by Crippen LogP contribution is -2.43. The third-order valence-electron chi connectivity index (χ3n) is 3.73. The fourth-order valence-corrected chi connectivity index (χ4v) is 3.27. The summed E-state index contributed by atoms with van der Waals surface area (Å²) in [5.74, 6) is 1.61. The lowest BCUT2D eigenvalue weighted by molar-refractivity contribution is 0.175. The Morgan fingerprint density at radius 1 is 1.41 bits per heavy atom. The van der Waals surface area contributed by atoms with E-state index in [2.05, 4.69) is 20.4 Å². The summed E-state index contributed by atoms with van der Waals surface area (Å²) in [5, 5.41) is 9.67. The number of amides is 2. The molecule has 2 amide bonds. The van der Waals surface area contributed by atoms with Crippen molar-refractivity contribution in [2.45, 2.75) is 39.2 Å². The van der Waals surface area contributed by atoms with Crippen LogP contribution in [0.25, 0.3) is 0 Å². The first-order valence-corrected chi connectivity index (χ1v) is 8.24. The SMILES string of the molecule is Cc1csc(CNC(=O)N2CCC(c3nc(C)no3)CC2)n1. The molecule has 1 aliphatic heterocycles. The van der Waals surface area contributed by atoms with E-state index in [0.29, 0.717) is 31.3 Å². The van der Waals surface area contributed by atoms with Gasteiger partial charge in [-0.2, -0.15) is 4.98 Å². The molecule has 0 spiro atoms. The number of carbonyl (C=O) groups is 1. The molecule has 7 nitrogen and oxygen atoms in total. The van der Waals surface area contributed by atoms with Gasteiger partial charge in [-0.3, -0.25) is 0 Å². The van der Waals surface area contributed by atoms with Gasteiger partial charge < -0.3 is 14.7 Å². The van der Waals surface area contributed by atoms with E-state index in [0.717, 1.165) is 23.5 Å². The summed E-state index contributed by atoms with van der Waals surface area (Å²) in [6.45, 7) is 5.66. The number of rotatable bonds is 3. The second-order valence-corrected chi connectivity index (χ2v) is 6.43. The van der Waals surface area contributed by atoms with Crippen LogP contribution in [0.3, 0.4) is 0 Å². The topological polar surface area (TPSA) is 84.2 Å². The molecule has 1 aliphatic rings. The zero-order valence-electron chi connectivity index (χ0n) is 12.7. The van der Waals surface area contributed by atoms with E-state index in [-0.39, 0.29) is 11.9 Å². The number of likely N-dealkylation sites (tertiary alicyclic amines) is 1. The molecule has 2 aromatic rings.